The molecule has 2 saturated carbocycles. The maximum Gasteiger partial charge on any atom is 0.438 e. The van der Waals surface area contributed by atoms with Crippen molar-refractivity contribution in [3.8, 4) is 11.7 Å². The summed E-state index contributed by atoms with van der Waals surface area (Å²) in [6, 6.07) is 17.5. The van der Waals surface area contributed by atoms with Gasteiger partial charge in [0.2, 0.25) is 0 Å². The molecule has 2 aliphatic heterocycles. The Balaban J connectivity index is 1.02. The highest BCUT2D eigenvalue weighted by Crippen LogP contribution is 2.56. The summed E-state index contributed by atoms with van der Waals surface area (Å²) in [4.78, 5) is 52.0. The Morgan fingerprint density at radius 2 is 1.70 bits per heavy atom. The Labute approximate surface area is 362 Å². The minimum absolute atomic E-state index is 0.00580. The lowest BCUT2D eigenvalue weighted by Crippen LogP contribution is -2.44. The van der Waals surface area contributed by atoms with Crippen LogP contribution >= 0.6 is 0 Å². The van der Waals surface area contributed by atoms with Gasteiger partial charge in [0.25, 0.3) is 11.5 Å². The number of aryl methyl sites for hydroxylation is 2. The van der Waals surface area contributed by atoms with Gasteiger partial charge < -0.3 is 18.9 Å². The third-order valence-corrected chi connectivity index (χ3v) is 16.0. The number of benzene rings is 3. The van der Waals surface area contributed by atoms with Crippen LogP contribution in [-0.4, -0.2) is 75.1 Å². The highest BCUT2D eigenvalue weighted by molar-refractivity contribution is 7.92. The molecule has 3 aromatic carbocycles. The number of sulfone groups is 1. The molecule has 1 saturated heterocycles. The van der Waals surface area contributed by atoms with Crippen molar-refractivity contribution in [1.82, 2.24) is 29.2 Å². The van der Waals surface area contributed by atoms with Gasteiger partial charge in [0.1, 0.15) is 17.1 Å². The number of aromatic amines is 1. The summed E-state index contributed by atoms with van der Waals surface area (Å²) in [5.41, 5.74) is 4.00. The average Bonchev–Trinajstić information content (AvgIpc) is 4.17. The summed E-state index contributed by atoms with van der Waals surface area (Å²) in [6.07, 6.45) is 4.39. The van der Waals surface area contributed by atoms with E-state index in [1.807, 2.05) is 23.6 Å². The van der Waals surface area contributed by atoms with E-state index in [-0.39, 0.29) is 54.0 Å². The summed E-state index contributed by atoms with van der Waals surface area (Å²) in [7, 11) is -3.33. The monoisotopic (exact) mass is 876 g/mol. The molecular weight excluding hydrogens is 828 g/mol. The van der Waals surface area contributed by atoms with E-state index in [9.17, 15) is 22.4 Å². The van der Waals surface area contributed by atoms with Crippen LogP contribution in [0.3, 0.4) is 0 Å². The van der Waals surface area contributed by atoms with E-state index < -0.39 is 27.2 Å². The van der Waals surface area contributed by atoms with Crippen molar-refractivity contribution in [1.29, 1.82) is 0 Å². The Morgan fingerprint density at radius 3 is 2.35 bits per heavy atom. The van der Waals surface area contributed by atoms with Gasteiger partial charge in [-0.3, -0.25) is 19.1 Å². The first-order valence-corrected chi connectivity index (χ1v) is 23.3. The smallest absolute Gasteiger partial charge is 0.438 e. The zero-order valence-electron chi connectivity index (χ0n) is 35.6. The second-order valence-corrected chi connectivity index (χ2v) is 20.0. The Bertz CT molecular complexity index is 3010. The molecule has 1 amide bonds. The number of H-pyrrole nitrogens is 1. The summed E-state index contributed by atoms with van der Waals surface area (Å²) < 4.78 is 60.8. The number of carbonyl (C=O) groups is 1. The quantitative estimate of drug-likeness (QED) is 0.149. The lowest BCUT2D eigenvalue weighted by molar-refractivity contribution is 0.0656. The van der Waals surface area contributed by atoms with E-state index in [1.165, 1.54) is 10.1 Å². The third kappa shape index (κ3) is 7.01. The highest BCUT2D eigenvalue weighted by Gasteiger charge is 2.59. The number of amides is 1. The fraction of sp³-hybridized carbons (Fsp3) is 0.426. The summed E-state index contributed by atoms with van der Waals surface area (Å²) in [5, 5.41) is 4.71. The van der Waals surface area contributed by atoms with Crippen LogP contribution in [0.25, 0.3) is 16.6 Å². The topological polar surface area (TPSA) is 172 Å². The zero-order valence-corrected chi connectivity index (χ0v) is 36.5. The number of fused-ring (bicyclic) bond motifs is 2. The molecule has 14 nitrogen and oxygen atoms in total. The molecule has 0 bridgehead atoms. The number of aromatic nitrogens is 5. The molecule has 3 fully saturated rings. The van der Waals surface area contributed by atoms with Gasteiger partial charge in [-0.05, 0) is 136 Å². The van der Waals surface area contributed by atoms with Crippen molar-refractivity contribution in [2.24, 2.45) is 5.92 Å². The van der Waals surface area contributed by atoms with Crippen molar-refractivity contribution in [3.63, 3.8) is 0 Å². The number of ether oxygens (including phenoxy) is 2. The lowest BCUT2D eigenvalue weighted by atomic mass is 9.91. The van der Waals surface area contributed by atoms with E-state index in [1.54, 1.807) is 55.1 Å². The van der Waals surface area contributed by atoms with Gasteiger partial charge in [0.15, 0.2) is 15.7 Å². The molecule has 0 spiro atoms. The number of hydrogen-bond donors (Lipinski definition) is 1. The van der Waals surface area contributed by atoms with Crippen molar-refractivity contribution in [3.05, 3.63) is 132 Å². The lowest BCUT2D eigenvalue weighted by Gasteiger charge is -2.35. The molecule has 328 valence electrons. The highest BCUT2D eigenvalue weighted by atomic mass is 32.2. The molecule has 63 heavy (non-hydrogen) atoms. The molecule has 3 atom stereocenters. The zero-order chi connectivity index (χ0) is 43.9. The molecule has 6 aromatic rings. The van der Waals surface area contributed by atoms with Crippen LogP contribution < -0.4 is 16.1 Å². The molecule has 2 aliphatic carbocycles. The Kier molecular flexibility index (Phi) is 10.1. The second kappa shape index (κ2) is 15.4. The van der Waals surface area contributed by atoms with Gasteiger partial charge in [-0.1, -0.05) is 30.3 Å². The minimum Gasteiger partial charge on any atom is -0.464 e. The molecule has 4 aliphatic rings. The van der Waals surface area contributed by atoms with Crippen LogP contribution in [-0.2, 0) is 33.0 Å². The fourth-order valence-corrected chi connectivity index (χ4v) is 11.5. The van der Waals surface area contributed by atoms with Crippen LogP contribution in [0.2, 0.25) is 0 Å². The molecule has 16 heteroatoms. The van der Waals surface area contributed by atoms with Crippen LogP contribution in [0.5, 0.6) is 6.01 Å². The molecule has 3 aromatic heterocycles. The SMILES string of the molecule is Cc1cc(-n2c(OCCc3ccc(S(=O)(=O)C4CC4)cc3)nc3c(c2=O)CCN(C(=O)c2cc4cc(C5CCOCC5)ccc4n2[C@@]2(c4noc(=O)[nH]4)C[C@H]2C)[C@H]3C)cc(C)c1F. The third-order valence-electron chi connectivity index (χ3n) is 13.7. The van der Waals surface area contributed by atoms with Gasteiger partial charge in [-0.2, -0.15) is 4.98 Å². The van der Waals surface area contributed by atoms with Crippen LogP contribution in [0.4, 0.5) is 4.39 Å². The van der Waals surface area contributed by atoms with Crippen LogP contribution in [0.1, 0.15) is 108 Å². The predicted octanol–water partition coefficient (Wildman–Crippen LogP) is 6.61. The summed E-state index contributed by atoms with van der Waals surface area (Å²) in [6.45, 7) is 8.88. The van der Waals surface area contributed by atoms with E-state index in [2.05, 4.69) is 29.2 Å². The van der Waals surface area contributed by atoms with Gasteiger partial charge >= 0.3 is 11.8 Å². The number of nitrogens with zero attached hydrogens (tertiary/aromatic N) is 5. The van der Waals surface area contributed by atoms with Crippen LogP contribution in [0, 0.1) is 25.6 Å². The van der Waals surface area contributed by atoms with Gasteiger partial charge in [0, 0.05) is 42.6 Å². The van der Waals surface area contributed by atoms with E-state index >= 15 is 4.79 Å². The molecule has 5 heterocycles. The molecule has 0 unspecified atom stereocenters. The first-order chi connectivity index (χ1) is 30.3. The van der Waals surface area contributed by atoms with Gasteiger partial charge in [-0.15, -0.1) is 0 Å². The van der Waals surface area contributed by atoms with Gasteiger partial charge in [0.05, 0.1) is 34.2 Å². The first kappa shape index (κ1) is 41.2. The fourth-order valence-electron chi connectivity index (χ4n) is 9.86. The average molecular weight is 877 g/mol. The second-order valence-electron chi connectivity index (χ2n) is 17.7. The number of halogens is 1. The Hall–Kier alpha value is -5.87. The molecule has 0 radical (unpaired) electrons. The Morgan fingerprint density at radius 1 is 0.984 bits per heavy atom. The summed E-state index contributed by atoms with van der Waals surface area (Å²) in [5.74, 6) is -0.616. The van der Waals surface area contributed by atoms with Crippen molar-refractivity contribution in [2.75, 3.05) is 26.4 Å². The van der Waals surface area contributed by atoms with E-state index in [4.69, 9.17) is 19.0 Å². The molecule has 10 rings (SSSR count). The molecular formula is C47H49FN6O8S. The number of hydrogen-bond acceptors (Lipinski definition) is 10. The van der Waals surface area contributed by atoms with E-state index in [0.29, 0.717) is 89.3 Å². The number of carbonyl (C=O) groups excluding carboxylic acids is 1. The maximum atomic E-state index is 15.2. The van der Waals surface area contributed by atoms with E-state index in [0.717, 1.165) is 29.3 Å². The number of nitrogens with one attached hydrogen (secondary N) is 1. The first-order valence-electron chi connectivity index (χ1n) is 21.8. The minimum atomic E-state index is -3.33. The van der Waals surface area contributed by atoms with Crippen molar-refractivity contribution >= 4 is 26.6 Å². The normalized spacial score (nSPS) is 21.4. The molecule has 1 N–H and O–H groups in total. The van der Waals surface area contributed by atoms with Crippen molar-refractivity contribution in [2.45, 2.75) is 100 Å². The standard InChI is InChI=1S/C47H49FN6O8S/c1-26-21-34(22-27(2)40(26)48)53-42(55)37-13-17-52(29(4)41(37)49-45(53)61-20-14-30-5-8-35(9-6-30)63(58,59)36-10-11-36)43(56)39-24-33-23-32(31-15-18-60-19-16-31)7-12-38(33)54(39)47(25-28(47)3)44-50-46(57)62-51-44/h5-9,12,21-24,28-29,31,36H,10-11,13-20,25H2,1-4H3,(H,50,51,57)/t28-,29+,47+/m1/s1. The predicted molar refractivity (Wildman–Crippen MR) is 231 cm³/mol. The summed E-state index contributed by atoms with van der Waals surface area (Å²) >= 11 is 0. The van der Waals surface area contributed by atoms with Crippen molar-refractivity contribution < 1.29 is 31.6 Å². The largest absolute Gasteiger partial charge is 0.464 e. The number of rotatable bonds is 11. The van der Waals surface area contributed by atoms with Gasteiger partial charge in [-0.25, -0.2) is 22.2 Å². The van der Waals surface area contributed by atoms with Crippen LogP contribution in [0.15, 0.2) is 79.7 Å². The maximum absolute atomic E-state index is 15.2.